The molecule has 0 bridgehead atoms. The Bertz CT molecular complexity index is 994. The van der Waals surface area contributed by atoms with Gasteiger partial charge in [0.25, 0.3) is 0 Å². The zero-order valence-electron chi connectivity index (χ0n) is 21.9. The molecule has 1 aromatic carbocycles. The molecular weight excluding hydrogens is 432 g/mol. The van der Waals surface area contributed by atoms with E-state index >= 15 is 0 Å². The number of aromatic nitrogens is 2. The SMILES string of the molecule is COc1cc(/C=C(/CCO[Si](C)(C)C(C)(C)C)C(=O)OC(C)(C)C)ccc1-n1cnc(C)c1. The fourth-order valence-corrected chi connectivity index (χ4v) is 4.01. The van der Waals surface area contributed by atoms with Crippen molar-refractivity contribution in [1.29, 1.82) is 0 Å². The molecule has 0 N–H and O–H groups in total. The van der Waals surface area contributed by atoms with E-state index in [1.165, 1.54) is 0 Å². The predicted octanol–water partition coefficient (Wildman–Crippen LogP) is 6.33. The van der Waals surface area contributed by atoms with E-state index in [0.29, 0.717) is 24.4 Å². The standard InChI is InChI=1S/C26H40N2O4Si/c1-19-17-28(18-27-19)22-12-11-20(16-23(22)30-8)15-21(24(29)32-25(2,3)4)13-14-31-33(9,10)26(5,6)7/h11-12,15-18H,13-14H2,1-10H3/b21-15-. The number of benzene rings is 1. The van der Waals surface area contributed by atoms with Crippen molar-refractivity contribution in [3.63, 3.8) is 0 Å². The van der Waals surface area contributed by atoms with Gasteiger partial charge in [-0.1, -0.05) is 26.8 Å². The lowest BCUT2D eigenvalue weighted by Gasteiger charge is -2.36. The maximum Gasteiger partial charge on any atom is 0.334 e. The number of hydrogen-bond donors (Lipinski definition) is 0. The van der Waals surface area contributed by atoms with Crippen LogP contribution in [0.4, 0.5) is 0 Å². The molecule has 2 aromatic rings. The van der Waals surface area contributed by atoms with Gasteiger partial charge in [-0.05, 0) is 69.6 Å². The van der Waals surface area contributed by atoms with Crippen molar-refractivity contribution in [1.82, 2.24) is 9.55 Å². The quantitative estimate of drug-likeness (QED) is 0.255. The van der Waals surface area contributed by atoms with Crippen molar-refractivity contribution in [2.24, 2.45) is 0 Å². The number of carbonyl (C=O) groups excluding carboxylic acids is 1. The topological polar surface area (TPSA) is 62.6 Å². The third-order valence-corrected chi connectivity index (χ3v) is 10.4. The van der Waals surface area contributed by atoms with Crippen molar-refractivity contribution in [3.8, 4) is 11.4 Å². The summed E-state index contributed by atoms with van der Waals surface area (Å²) in [6.45, 7) is 19.1. The fourth-order valence-electron chi connectivity index (χ4n) is 2.96. The van der Waals surface area contributed by atoms with Crippen LogP contribution in [-0.4, -0.2) is 43.2 Å². The second-order valence-corrected chi connectivity index (χ2v) is 15.7. The molecule has 182 valence electrons. The van der Waals surface area contributed by atoms with Crippen molar-refractivity contribution in [3.05, 3.63) is 47.6 Å². The molecule has 1 heterocycles. The van der Waals surface area contributed by atoms with Crippen LogP contribution in [0.2, 0.25) is 18.1 Å². The molecule has 7 heteroatoms. The van der Waals surface area contributed by atoms with Crippen molar-refractivity contribution < 1.29 is 18.7 Å². The number of nitrogens with zero attached hydrogens (tertiary/aromatic N) is 2. The first-order chi connectivity index (χ1) is 15.1. The Hall–Kier alpha value is -2.38. The summed E-state index contributed by atoms with van der Waals surface area (Å²) in [5, 5.41) is 0.109. The Morgan fingerprint density at radius 3 is 2.33 bits per heavy atom. The average Bonchev–Trinajstić information content (AvgIpc) is 3.10. The highest BCUT2D eigenvalue weighted by molar-refractivity contribution is 6.74. The van der Waals surface area contributed by atoms with E-state index in [2.05, 4.69) is 38.8 Å². The molecule has 0 aliphatic carbocycles. The molecule has 1 aromatic heterocycles. The van der Waals surface area contributed by atoms with Crippen LogP contribution in [0.5, 0.6) is 5.75 Å². The zero-order valence-corrected chi connectivity index (χ0v) is 22.9. The lowest BCUT2D eigenvalue weighted by molar-refractivity contribution is -0.150. The van der Waals surface area contributed by atoms with Gasteiger partial charge in [0.2, 0.25) is 0 Å². The lowest BCUT2D eigenvalue weighted by Crippen LogP contribution is -2.41. The van der Waals surface area contributed by atoms with Crippen LogP contribution in [0.15, 0.2) is 36.3 Å². The Labute approximate surface area is 200 Å². The first-order valence-corrected chi connectivity index (χ1v) is 14.3. The second kappa shape index (κ2) is 10.3. The van der Waals surface area contributed by atoms with Crippen LogP contribution < -0.4 is 4.74 Å². The second-order valence-electron chi connectivity index (χ2n) is 10.9. The molecule has 0 unspecified atom stereocenters. The van der Waals surface area contributed by atoms with Gasteiger partial charge in [-0.25, -0.2) is 9.78 Å². The molecule has 0 amide bonds. The van der Waals surface area contributed by atoms with Crippen LogP contribution in [0.25, 0.3) is 11.8 Å². The summed E-state index contributed by atoms with van der Waals surface area (Å²) in [4.78, 5) is 17.3. The van der Waals surface area contributed by atoms with Gasteiger partial charge in [0, 0.05) is 24.8 Å². The van der Waals surface area contributed by atoms with E-state index in [1.807, 2.05) is 62.7 Å². The van der Waals surface area contributed by atoms with Gasteiger partial charge in [-0.15, -0.1) is 0 Å². The molecule has 2 rings (SSSR count). The monoisotopic (exact) mass is 472 g/mol. The fraction of sp³-hybridized carbons (Fsp3) is 0.538. The van der Waals surface area contributed by atoms with E-state index in [-0.39, 0.29) is 11.0 Å². The van der Waals surface area contributed by atoms with Crippen molar-refractivity contribution in [2.75, 3.05) is 13.7 Å². The average molecular weight is 473 g/mol. The minimum atomic E-state index is -1.91. The van der Waals surface area contributed by atoms with E-state index in [1.54, 1.807) is 13.4 Å². The van der Waals surface area contributed by atoms with Crippen LogP contribution in [0.3, 0.4) is 0 Å². The third-order valence-electron chi connectivity index (χ3n) is 5.84. The molecule has 0 atom stereocenters. The normalized spacial score (nSPS) is 13.2. The highest BCUT2D eigenvalue weighted by atomic mass is 28.4. The van der Waals surface area contributed by atoms with E-state index in [0.717, 1.165) is 16.9 Å². The molecule has 0 saturated heterocycles. The Morgan fingerprint density at radius 1 is 1.15 bits per heavy atom. The van der Waals surface area contributed by atoms with Gasteiger partial charge in [-0.3, -0.25) is 0 Å². The Kier molecular flexibility index (Phi) is 8.35. The molecule has 6 nitrogen and oxygen atoms in total. The van der Waals surface area contributed by atoms with Crippen LogP contribution >= 0.6 is 0 Å². The first kappa shape index (κ1) is 26.9. The molecule has 33 heavy (non-hydrogen) atoms. The number of hydrogen-bond acceptors (Lipinski definition) is 5. The van der Waals surface area contributed by atoms with Crippen LogP contribution in [0, 0.1) is 6.92 Å². The van der Waals surface area contributed by atoms with E-state index in [9.17, 15) is 4.79 Å². The smallest absolute Gasteiger partial charge is 0.334 e. The summed E-state index contributed by atoms with van der Waals surface area (Å²) < 4.78 is 19.5. The van der Waals surface area contributed by atoms with Gasteiger partial charge in [0.15, 0.2) is 8.32 Å². The largest absolute Gasteiger partial charge is 0.495 e. The van der Waals surface area contributed by atoms with Gasteiger partial charge < -0.3 is 18.5 Å². The Balaban J connectivity index is 2.33. The van der Waals surface area contributed by atoms with Gasteiger partial charge >= 0.3 is 5.97 Å². The predicted molar refractivity (Wildman–Crippen MR) is 136 cm³/mol. The minimum absolute atomic E-state index is 0.109. The number of carbonyl (C=O) groups is 1. The van der Waals surface area contributed by atoms with Gasteiger partial charge in [-0.2, -0.15) is 0 Å². The van der Waals surface area contributed by atoms with Gasteiger partial charge in [0.05, 0.1) is 24.8 Å². The van der Waals surface area contributed by atoms with Crippen molar-refractivity contribution >= 4 is 20.4 Å². The summed E-state index contributed by atoms with van der Waals surface area (Å²) >= 11 is 0. The molecular formula is C26H40N2O4Si. The first-order valence-electron chi connectivity index (χ1n) is 11.4. The summed E-state index contributed by atoms with van der Waals surface area (Å²) in [6, 6.07) is 5.85. The molecule has 0 fully saturated rings. The van der Waals surface area contributed by atoms with E-state index < -0.39 is 13.9 Å². The summed E-state index contributed by atoms with van der Waals surface area (Å²) in [6.07, 6.45) is 6.05. The number of methoxy groups -OCH3 is 1. The molecule has 0 radical (unpaired) electrons. The summed E-state index contributed by atoms with van der Waals surface area (Å²) in [7, 11) is -0.274. The number of rotatable bonds is 8. The maximum atomic E-state index is 13.0. The van der Waals surface area contributed by atoms with Crippen molar-refractivity contribution in [2.45, 2.75) is 78.6 Å². The van der Waals surface area contributed by atoms with E-state index in [4.69, 9.17) is 13.9 Å². The molecule has 0 saturated carbocycles. The highest BCUT2D eigenvalue weighted by Crippen LogP contribution is 2.36. The molecule has 0 spiro atoms. The molecule has 0 aliphatic rings. The summed E-state index contributed by atoms with van der Waals surface area (Å²) in [5.74, 6) is 0.372. The number of ether oxygens (including phenoxy) is 2. The summed E-state index contributed by atoms with van der Waals surface area (Å²) in [5.41, 5.74) is 2.68. The number of esters is 1. The Morgan fingerprint density at radius 2 is 1.82 bits per heavy atom. The number of imidazole rings is 1. The maximum absolute atomic E-state index is 13.0. The minimum Gasteiger partial charge on any atom is -0.495 e. The van der Waals surface area contributed by atoms with Crippen LogP contribution in [0.1, 0.15) is 59.2 Å². The lowest BCUT2D eigenvalue weighted by atomic mass is 10.1. The van der Waals surface area contributed by atoms with Crippen LogP contribution in [-0.2, 0) is 14.0 Å². The zero-order chi connectivity index (χ0) is 25.0. The molecule has 0 aliphatic heterocycles. The van der Waals surface area contributed by atoms with Gasteiger partial charge in [0.1, 0.15) is 11.4 Å². The highest BCUT2D eigenvalue weighted by Gasteiger charge is 2.37. The third kappa shape index (κ3) is 7.57. The number of aryl methyl sites for hydroxylation is 1.